The summed E-state index contributed by atoms with van der Waals surface area (Å²) in [5.74, 6) is 1.75. The molecule has 1 N–H and O–H groups in total. The van der Waals surface area contributed by atoms with Gasteiger partial charge in [-0.2, -0.15) is 9.61 Å². The molecular formula is C22H23N5O3S. The number of benzene rings is 2. The van der Waals surface area contributed by atoms with Crippen LogP contribution in [0.1, 0.15) is 23.9 Å². The summed E-state index contributed by atoms with van der Waals surface area (Å²) >= 11 is 1.44. The SMILES string of the molecule is CCc1nnc2sc(-c3ccc(OC)c(NC(=O)COc4cc(C)cc(C)c4)c3)nn12. The van der Waals surface area contributed by atoms with Gasteiger partial charge in [0.15, 0.2) is 12.4 Å². The highest BCUT2D eigenvalue weighted by Crippen LogP contribution is 2.33. The average Bonchev–Trinajstić information content (AvgIpc) is 3.32. The summed E-state index contributed by atoms with van der Waals surface area (Å²) < 4.78 is 12.8. The number of rotatable bonds is 7. The highest BCUT2D eigenvalue weighted by Gasteiger charge is 2.15. The topological polar surface area (TPSA) is 90.6 Å². The lowest BCUT2D eigenvalue weighted by molar-refractivity contribution is -0.118. The van der Waals surface area contributed by atoms with E-state index >= 15 is 0 Å². The molecule has 0 saturated carbocycles. The number of amides is 1. The summed E-state index contributed by atoms with van der Waals surface area (Å²) in [6.45, 7) is 5.89. The molecule has 31 heavy (non-hydrogen) atoms. The number of hydrogen-bond acceptors (Lipinski definition) is 7. The normalized spacial score (nSPS) is 11.0. The zero-order valence-electron chi connectivity index (χ0n) is 17.8. The molecule has 4 rings (SSSR count). The molecule has 0 unspecified atom stereocenters. The van der Waals surface area contributed by atoms with Crippen LogP contribution in [-0.4, -0.2) is 39.4 Å². The van der Waals surface area contributed by atoms with Gasteiger partial charge in [-0.1, -0.05) is 24.3 Å². The number of hydrogen-bond donors (Lipinski definition) is 1. The van der Waals surface area contributed by atoms with Crippen LogP contribution in [0.2, 0.25) is 0 Å². The minimum absolute atomic E-state index is 0.104. The number of anilines is 1. The molecule has 4 aromatic rings. The molecule has 0 aliphatic carbocycles. The summed E-state index contributed by atoms with van der Waals surface area (Å²) in [7, 11) is 1.56. The lowest BCUT2D eigenvalue weighted by atomic mass is 10.1. The van der Waals surface area contributed by atoms with Crippen LogP contribution >= 0.6 is 11.3 Å². The minimum atomic E-state index is -0.277. The lowest BCUT2D eigenvalue weighted by Gasteiger charge is -2.12. The minimum Gasteiger partial charge on any atom is -0.495 e. The van der Waals surface area contributed by atoms with Crippen LogP contribution < -0.4 is 14.8 Å². The van der Waals surface area contributed by atoms with Gasteiger partial charge in [-0.05, 0) is 55.3 Å². The Morgan fingerprint density at radius 3 is 2.61 bits per heavy atom. The molecule has 0 atom stereocenters. The Kier molecular flexibility index (Phi) is 5.85. The largest absolute Gasteiger partial charge is 0.495 e. The van der Waals surface area contributed by atoms with E-state index in [2.05, 4.69) is 26.7 Å². The number of fused-ring (bicyclic) bond motifs is 1. The van der Waals surface area contributed by atoms with Gasteiger partial charge in [0.05, 0.1) is 12.8 Å². The number of aryl methyl sites for hydroxylation is 3. The summed E-state index contributed by atoms with van der Waals surface area (Å²) in [5, 5.41) is 16.6. The Balaban J connectivity index is 1.52. The number of nitrogens with one attached hydrogen (secondary N) is 1. The predicted molar refractivity (Wildman–Crippen MR) is 120 cm³/mol. The van der Waals surface area contributed by atoms with Crippen molar-refractivity contribution in [2.24, 2.45) is 0 Å². The molecule has 0 bridgehead atoms. The number of methoxy groups -OCH3 is 1. The van der Waals surface area contributed by atoms with Crippen LogP contribution in [-0.2, 0) is 11.2 Å². The maximum Gasteiger partial charge on any atom is 0.262 e. The van der Waals surface area contributed by atoms with Crippen molar-refractivity contribution in [3.05, 3.63) is 53.3 Å². The third-order valence-electron chi connectivity index (χ3n) is 4.66. The van der Waals surface area contributed by atoms with E-state index in [0.717, 1.165) is 38.9 Å². The molecule has 0 spiro atoms. The van der Waals surface area contributed by atoms with Gasteiger partial charge in [0, 0.05) is 12.0 Å². The van der Waals surface area contributed by atoms with Crippen molar-refractivity contribution < 1.29 is 14.3 Å². The Labute approximate surface area is 183 Å². The molecule has 0 aliphatic rings. The quantitative estimate of drug-likeness (QED) is 0.469. The summed E-state index contributed by atoms with van der Waals surface area (Å²) in [6.07, 6.45) is 0.745. The third kappa shape index (κ3) is 4.51. The second kappa shape index (κ2) is 8.73. The molecule has 2 aromatic heterocycles. The number of carbonyl (C=O) groups excluding carboxylic acids is 1. The molecule has 0 fully saturated rings. The van der Waals surface area contributed by atoms with Gasteiger partial charge < -0.3 is 14.8 Å². The van der Waals surface area contributed by atoms with E-state index in [1.165, 1.54) is 11.3 Å². The smallest absolute Gasteiger partial charge is 0.262 e. The fourth-order valence-corrected chi connectivity index (χ4v) is 4.14. The van der Waals surface area contributed by atoms with Crippen LogP contribution in [0.15, 0.2) is 36.4 Å². The Bertz CT molecular complexity index is 1230. The maximum absolute atomic E-state index is 12.5. The molecule has 1 amide bonds. The lowest BCUT2D eigenvalue weighted by Crippen LogP contribution is -2.20. The zero-order chi connectivity index (χ0) is 22.0. The molecule has 0 saturated heterocycles. The standard InChI is InChI=1S/C22H23N5O3S/c1-5-19-24-25-22-27(19)26-21(31-22)15-6-7-18(29-4)17(11-15)23-20(28)12-30-16-9-13(2)8-14(3)10-16/h6-11H,5,12H2,1-4H3,(H,23,28). The van der Waals surface area contributed by atoms with Crippen LogP contribution in [0.25, 0.3) is 15.5 Å². The van der Waals surface area contributed by atoms with Gasteiger partial charge in [0.2, 0.25) is 4.96 Å². The first kappa shape index (κ1) is 20.8. The molecule has 2 aromatic carbocycles. The first-order valence-corrected chi connectivity index (χ1v) is 10.7. The van der Waals surface area contributed by atoms with Gasteiger partial charge in [0.1, 0.15) is 16.5 Å². The molecule has 2 heterocycles. The van der Waals surface area contributed by atoms with Crippen molar-refractivity contribution in [3.8, 4) is 22.1 Å². The summed E-state index contributed by atoms with van der Waals surface area (Å²) in [5.41, 5.74) is 3.57. The molecular weight excluding hydrogens is 414 g/mol. The van der Waals surface area contributed by atoms with Crippen molar-refractivity contribution in [3.63, 3.8) is 0 Å². The first-order valence-electron chi connectivity index (χ1n) is 9.87. The number of aromatic nitrogens is 4. The van der Waals surface area contributed by atoms with E-state index in [1.807, 2.05) is 45.0 Å². The molecule has 0 aliphatic heterocycles. The average molecular weight is 438 g/mol. The number of ether oxygens (including phenoxy) is 2. The van der Waals surface area contributed by atoms with Crippen LogP contribution in [0.5, 0.6) is 11.5 Å². The van der Waals surface area contributed by atoms with Crippen molar-refractivity contribution in [2.75, 3.05) is 19.0 Å². The van der Waals surface area contributed by atoms with E-state index in [9.17, 15) is 4.79 Å². The second-order valence-corrected chi connectivity index (χ2v) is 8.10. The molecule has 160 valence electrons. The first-order chi connectivity index (χ1) is 15.0. The Morgan fingerprint density at radius 2 is 1.90 bits per heavy atom. The number of carbonyl (C=O) groups is 1. The predicted octanol–water partition coefficient (Wildman–Crippen LogP) is 4.06. The zero-order valence-corrected chi connectivity index (χ0v) is 18.6. The molecule has 8 nitrogen and oxygen atoms in total. The van der Waals surface area contributed by atoms with Gasteiger partial charge >= 0.3 is 0 Å². The van der Waals surface area contributed by atoms with Crippen LogP contribution in [0.4, 0.5) is 5.69 Å². The molecule has 0 radical (unpaired) electrons. The van der Waals surface area contributed by atoms with Gasteiger partial charge in [-0.15, -0.1) is 10.2 Å². The van der Waals surface area contributed by atoms with Gasteiger partial charge in [0.25, 0.3) is 5.91 Å². The summed E-state index contributed by atoms with van der Waals surface area (Å²) in [6, 6.07) is 11.4. The van der Waals surface area contributed by atoms with Crippen molar-refractivity contribution >= 4 is 27.9 Å². The van der Waals surface area contributed by atoms with E-state index in [4.69, 9.17) is 9.47 Å². The van der Waals surface area contributed by atoms with Crippen molar-refractivity contribution in [2.45, 2.75) is 27.2 Å². The van der Waals surface area contributed by atoms with Gasteiger partial charge in [-0.25, -0.2) is 0 Å². The summed E-state index contributed by atoms with van der Waals surface area (Å²) in [4.78, 5) is 13.3. The highest BCUT2D eigenvalue weighted by atomic mass is 32.1. The molecule has 9 heteroatoms. The van der Waals surface area contributed by atoms with E-state index < -0.39 is 0 Å². The van der Waals surface area contributed by atoms with Gasteiger partial charge in [-0.3, -0.25) is 4.79 Å². The van der Waals surface area contributed by atoms with Crippen molar-refractivity contribution in [1.82, 2.24) is 19.8 Å². The highest BCUT2D eigenvalue weighted by molar-refractivity contribution is 7.19. The van der Waals surface area contributed by atoms with Crippen LogP contribution in [0.3, 0.4) is 0 Å². The third-order valence-corrected chi connectivity index (χ3v) is 5.61. The Morgan fingerprint density at radius 1 is 1.13 bits per heavy atom. The van der Waals surface area contributed by atoms with E-state index in [1.54, 1.807) is 17.7 Å². The van der Waals surface area contributed by atoms with E-state index in [0.29, 0.717) is 17.2 Å². The second-order valence-electron chi connectivity index (χ2n) is 7.15. The van der Waals surface area contributed by atoms with E-state index in [-0.39, 0.29) is 12.5 Å². The fraction of sp³-hybridized carbons (Fsp3) is 0.273. The van der Waals surface area contributed by atoms with Crippen molar-refractivity contribution in [1.29, 1.82) is 0 Å². The maximum atomic E-state index is 12.5. The fourth-order valence-electron chi connectivity index (χ4n) is 3.28. The number of nitrogens with zero attached hydrogens (tertiary/aromatic N) is 4. The monoisotopic (exact) mass is 437 g/mol. The Hall–Kier alpha value is -3.46. The van der Waals surface area contributed by atoms with Crippen LogP contribution in [0, 0.1) is 13.8 Å².